The molecular formula is C21H23ClN2O3. The number of benzene rings is 2. The molecule has 1 fully saturated rings. The minimum absolute atomic E-state index is 0.0520. The highest BCUT2D eigenvalue weighted by molar-refractivity contribution is 6.30. The van der Waals surface area contributed by atoms with Crippen LogP contribution in [0.1, 0.15) is 25.3 Å². The summed E-state index contributed by atoms with van der Waals surface area (Å²) in [6.45, 7) is 3.51. The molecule has 0 radical (unpaired) electrons. The van der Waals surface area contributed by atoms with E-state index in [0.717, 1.165) is 29.5 Å². The molecule has 0 unspecified atom stereocenters. The van der Waals surface area contributed by atoms with Gasteiger partial charge in [0.2, 0.25) is 5.91 Å². The molecule has 0 spiro atoms. The minimum atomic E-state index is -0.253. The number of amides is 1. The van der Waals surface area contributed by atoms with Crippen LogP contribution >= 0.6 is 11.6 Å². The monoisotopic (exact) mass is 386 g/mol. The quantitative estimate of drug-likeness (QED) is 0.843. The van der Waals surface area contributed by atoms with Crippen LogP contribution in [0.15, 0.2) is 36.4 Å². The summed E-state index contributed by atoms with van der Waals surface area (Å²) in [5, 5.41) is 14.2. The number of fused-ring (bicyclic) bond motifs is 1. The SMILES string of the molecule is C[C@@H](C(=O)NC1CC1)N1CCOc2c(O)cc(-c3cccc(Cl)c3)cc2C1. The number of nitrogens with one attached hydrogen (secondary N) is 1. The fraction of sp³-hybridized carbons (Fsp3) is 0.381. The third-order valence-corrected chi connectivity index (χ3v) is 5.39. The molecule has 4 rings (SSSR count). The van der Waals surface area contributed by atoms with Crippen molar-refractivity contribution in [1.82, 2.24) is 10.2 Å². The smallest absolute Gasteiger partial charge is 0.237 e. The predicted molar refractivity (Wildman–Crippen MR) is 105 cm³/mol. The van der Waals surface area contributed by atoms with Gasteiger partial charge in [0.25, 0.3) is 0 Å². The fourth-order valence-electron chi connectivity index (χ4n) is 3.40. The molecule has 1 heterocycles. The van der Waals surface area contributed by atoms with Crippen molar-refractivity contribution in [2.24, 2.45) is 0 Å². The second-order valence-corrected chi connectivity index (χ2v) is 7.71. The first-order valence-electron chi connectivity index (χ1n) is 9.30. The second kappa shape index (κ2) is 7.41. The highest BCUT2D eigenvalue weighted by atomic mass is 35.5. The van der Waals surface area contributed by atoms with Crippen LogP contribution in [-0.4, -0.2) is 41.1 Å². The highest BCUT2D eigenvalue weighted by Gasteiger charge is 2.30. The van der Waals surface area contributed by atoms with Crippen LogP contribution in [-0.2, 0) is 11.3 Å². The Bertz CT molecular complexity index is 867. The zero-order chi connectivity index (χ0) is 19.0. The summed E-state index contributed by atoms with van der Waals surface area (Å²) >= 11 is 6.11. The maximum atomic E-state index is 12.5. The van der Waals surface area contributed by atoms with E-state index in [0.29, 0.717) is 36.5 Å². The number of nitrogens with zero attached hydrogens (tertiary/aromatic N) is 1. The molecule has 1 atom stereocenters. The Morgan fingerprint density at radius 3 is 2.85 bits per heavy atom. The first-order valence-corrected chi connectivity index (χ1v) is 9.68. The van der Waals surface area contributed by atoms with E-state index in [1.165, 1.54) is 0 Å². The molecule has 142 valence electrons. The van der Waals surface area contributed by atoms with E-state index in [4.69, 9.17) is 16.3 Å². The van der Waals surface area contributed by atoms with Crippen molar-refractivity contribution < 1.29 is 14.6 Å². The third kappa shape index (κ3) is 4.04. The van der Waals surface area contributed by atoms with Crippen molar-refractivity contribution in [3.05, 3.63) is 47.0 Å². The number of halogens is 1. The summed E-state index contributed by atoms with van der Waals surface area (Å²) in [5.41, 5.74) is 2.67. The molecule has 27 heavy (non-hydrogen) atoms. The third-order valence-electron chi connectivity index (χ3n) is 5.15. The van der Waals surface area contributed by atoms with Crippen molar-refractivity contribution in [3.8, 4) is 22.6 Å². The Labute approximate surface area is 163 Å². The van der Waals surface area contributed by atoms with Gasteiger partial charge in [-0.15, -0.1) is 0 Å². The highest BCUT2D eigenvalue weighted by Crippen LogP contribution is 2.38. The van der Waals surface area contributed by atoms with Gasteiger partial charge < -0.3 is 15.2 Å². The van der Waals surface area contributed by atoms with Crippen molar-refractivity contribution in [2.45, 2.75) is 38.4 Å². The molecule has 2 aliphatic rings. The number of carbonyl (C=O) groups excluding carboxylic acids is 1. The standard InChI is InChI=1S/C21H23ClN2O3/c1-13(21(26)23-18-5-6-18)24-7-8-27-20-16(12-24)9-15(11-19(20)25)14-3-2-4-17(22)10-14/h2-4,9-11,13,18,25H,5-8,12H2,1H3,(H,23,26)/t13-/m0/s1. The normalized spacial score (nSPS) is 18.1. The summed E-state index contributed by atoms with van der Waals surface area (Å²) in [4.78, 5) is 14.5. The molecule has 2 N–H and O–H groups in total. The van der Waals surface area contributed by atoms with Crippen molar-refractivity contribution in [3.63, 3.8) is 0 Å². The molecule has 2 aromatic rings. The molecule has 0 bridgehead atoms. The van der Waals surface area contributed by atoms with E-state index in [9.17, 15) is 9.90 Å². The number of phenolic OH excluding ortho intramolecular Hbond substituents is 1. The molecule has 1 amide bonds. The van der Waals surface area contributed by atoms with E-state index >= 15 is 0 Å². The van der Waals surface area contributed by atoms with Crippen molar-refractivity contribution >= 4 is 17.5 Å². The Morgan fingerprint density at radius 2 is 2.11 bits per heavy atom. The molecule has 1 aliphatic carbocycles. The number of rotatable bonds is 4. The molecule has 0 aromatic heterocycles. The van der Waals surface area contributed by atoms with Gasteiger partial charge in [0.1, 0.15) is 6.61 Å². The minimum Gasteiger partial charge on any atom is -0.504 e. The van der Waals surface area contributed by atoms with Crippen molar-refractivity contribution in [1.29, 1.82) is 0 Å². The number of hydrogen-bond acceptors (Lipinski definition) is 4. The number of phenols is 1. The average molecular weight is 387 g/mol. The van der Waals surface area contributed by atoms with Gasteiger partial charge in [-0.05, 0) is 55.2 Å². The lowest BCUT2D eigenvalue weighted by atomic mass is 10.0. The van der Waals surface area contributed by atoms with E-state index in [2.05, 4.69) is 10.2 Å². The zero-order valence-corrected chi connectivity index (χ0v) is 16.0. The summed E-state index contributed by atoms with van der Waals surface area (Å²) in [7, 11) is 0. The number of carbonyl (C=O) groups is 1. The zero-order valence-electron chi connectivity index (χ0n) is 15.2. The fourth-order valence-corrected chi connectivity index (χ4v) is 3.59. The Hall–Kier alpha value is -2.24. The van der Waals surface area contributed by atoms with Crippen LogP contribution in [0.5, 0.6) is 11.5 Å². The number of hydrogen-bond donors (Lipinski definition) is 2. The van der Waals surface area contributed by atoms with Gasteiger partial charge in [-0.3, -0.25) is 9.69 Å². The van der Waals surface area contributed by atoms with Crippen molar-refractivity contribution in [2.75, 3.05) is 13.2 Å². The summed E-state index contributed by atoms with van der Waals surface area (Å²) in [5.74, 6) is 0.661. The van der Waals surface area contributed by atoms with Gasteiger partial charge in [0.15, 0.2) is 11.5 Å². The van der Waals surface area contributed by atoms with Crippen LogP contribution in [0, 0.1) is 0 Å². The Kier molecular flexibility index (Phi) is 4.98. The van der Waals surface area contributed by atoms with E-state index < -0.39 is 0 Å². The molecule has 1 saturated carbocycles. The summed E-state index contributed by atoms with van der Waals surface area (Å²) < 4.78 is 5.80. The molecule has 0 saturated heterocycles. The molecular weight excluding hydrogens is 364 g/mol. The second-order valence-electron chi connectivity index (χ2n) is 7.27. The van der Waals surface area contributed by atoms with E-state index in [1.54, 1.807) is 6.07 Å². The number of ether oxygens (including phenoxy) is 1. The average Bonchev–Trinajstić information content (AvgIpc) is 3.47. The molecule has 1 aliphatic heterocycles. The van der Waals surface area contributed by atoms with Crippen LogP contribution in [0.2, 0.25) is 5.02 Å². The summed E-state index contributed by atoms with van der Waals surface area (Å²) in [6, 6.07) is 11.3. The van der Waals surface area contributed by atoms with Crippen LogP contribution in [0.3, 0.4) is 0 Å². The first-order chi connectivity index (χ1) is 13.0. The molecule has 5 nitrogen and oxygen atoms in total. The van der Waals surface area contributed by atoms with Gasteiger partial charge in [-0.1, -0.05) is 23.7 Å². The Balaban J connectivity index is 1.61. The van der Waals surface area contributed by atoms with Gasteiger partial charge in [-0.2, -0.15) is 0 Å². The molecule has 6 heteroatoms. The van der Waals surface area contributed by atoms with Crippen LogP contribution in [0.4, 0.5) is 0 Å². The largest absolute Gasteiger partial charge is 0.504 e. The lowest BCUT2D eigenvalue weighted by Crippen LogP contribution is -2.46. The van der Waals surface area contributed by atoms with Crippen LogP contribution < -0.4 is 10.1 Å². The van der Waals surface area contributed by atoms with Gasteiger partial charge in [-0.25, -0.2) is 0 Å². The lowest BCUT2D eigenvalue weighted by molar-refractivity contribution is -0.126. The lowest BCUT2D eigenvalue weighted by Gasteiger charge is -2.26. The first kappa shape index (κ1) is 18.1. The van der Waals surface area contributed by atoms with E-state index in [1.807, 2.05) is 37.3 Å². The number of aromatic hydroxyl groups is 1. The van der Waals surface area contributed by atoms with Gasteiger partial charge in [0.05, 0.1) is 6.04 Å². The van der Waals surface area contributed by atoms with Gasteiger partial charge in [0, 0.05) is 29.7 Å². The topological polar surface area (TPSA) is 61.8 Å². The maximum absolute atomic E-state index is 12.5. The van der Waals surface area contributed by atoms with E-state index in [-0.39, 0.29) is 17.7 Å². The summed E-state index contributed by atoms with van der Waals surface area (Å²) in [6.07, 6.45) is 2.14. The van der Waals surface area contributed by atoms with Gasteiger partial charge >= 0.3 is 0 Å². The maximum Gasteiger partial charge on any atom is 0.237 e. The van der Waals surface area contributed by atoms with Crippen LogP contribution in [0.25, 0.3) is 11.1 Å². The Morgan fingerprint density at radius 1 is 1.30 bits per heavy atom. The molecule has 2 aromatic carbocycles. The predicted octanol–water partition coefficient (Wildman–Crippen LogP) is 3.57.